The van der Waals surface area contributed by atoms with Crippen LogP contribution in [0.15, 0.2) is 17.0 Å². The minimum Gasteiger partial charge on any atom is -0.465 e. The number of rotatable bonds is 1. The molecule has 0 fully saturated rings. The van der Waals surface area contributed by atoms with Crippen molar-refractivity contribution >= 4 is 30.2 Å². The van der Waals surface area contributed by atoms with Crippen molar-refractivity contribution in [2.75, 3.05) is 7.11 Å². The van der Waals surface area contributed by atoms with E-state index >= 15 is 0 Å². The fourth-order valence-electron chi connectivity index (χ4n) is 0.987. The molecule has 70 valence electrons. The molecule has 1 rings (SSSR count). The molecule has 0 aliphatic heterocycles. The Labute approximate surface area is 87.3 Å². The molecule has 0 N–H and O–H groups in total. The Morgan fingerprint density at radius 3 is 2.69 bits per heavy atom. The van der Waals surface area contributed by atoms with Gasteiger partial charge in [0.15, 0.2) is 0 Å². The van der Waals surface area contributed by atoms with Crippen molar-refractivity contribution in [3.8, 4) is 0 Å². The number of hydrogen-bond donors (Lipinski definition) is 1. The first-order chi connectivity index (χ1) is 6.06. The first kappa shape index (κ1) is 10.4. The number of carbonyl (C=O) groups is 1. The standard InChI is InChI=1S/C9H9ClO2S/c1-5-7(9(11)12-2)3-6(13)4-8(5)10/h3-4,13H,1-2H3. The molecule has 2 nitrogen and oxygen atoms in total. The van der Waals surface area contributed by atoms with Crippen molar-refractivity contribution in [2.45, 2.75) is 11.8 Å². The number of methoxy groups -OCH3 is 1. The summed E-state index contributed by atoms with van der Waals surface area (Å²) in [6.45, 7) is 1.77. The molecule has 13 heavy (non-hydrogen) atoms. The van der Waals surface area contributed by atoms with Crippen LogP contribution in [0.5, 0.6) is 0 Å². The zero-order valence-corrected chi connectivity index (χ0v) is 8.95. The van der Waals surface area contributed by atoms with Gasteiger partial charge in [-0.25, -0.2) is 4.79 Å². The van der Waals surface area contributed by atoms with E-state index in [4.69, 9.17) is 11.6 Å². The van der Waals surface area contributed by atoms with Crippen LogP contribution < -0.4 is 0 Å². The normalized spacial score (nSPS) is 9.85. The van der Waals surface area contributed by atoms with Gasteiger partial charge in [0.2, 0.25) is 0 Å². The third kappa shape index (κ3) is 2.17. The Morgan fingerprint density at radius 1 is 1.54 bits per heavy atom. The topological polar surface area (TPSA) is 26.3 Å². The Kier molecular flexibility index (Phi) is 3.22. The molecule has 0 spiro atoms. The van der Waals surface area contributed by atoms with Crippen molar-refractivity contribution in [3.63, 3.8) is 0 Å². The average molecular weight is 217 g/mol. The van der Waals surface area contributed by atoms with Gasteiger partial charge in [-0.15, -0.1) is 12.6 Å². The van der Waals surface area contributed by atoms with E-state index in [-0.39, 0.29) is 0 Å². The Bertz CT molecular complexity index is 350. The van der Waals surface area contributed by atoms with Crippen LogP contribution in [0.2, 0.25) is 5.02 Å². The lowest BCUT2D eigenvalue weighted by molar-refractivity contribution is 0.0599. The summed E-state index contributed by atoms with van der Waals surface area (Å²) in [7, 11) is 1.33. The summed E-state index contributed by atoms with van der Waals surface area (Å²) < 4.78 is 4.60. The Balaban J connectivity index is 3.28. The number of ether oxygens (including phenoxy) is 1. The maximum Gasteiger partial charge on any atom is 0.338 e. The van der Waals surface area contributed by atoms with Gasteiger partial charge in [0.25, 0.3) is 0 Å². The summed E-state index contributed by atoms with van der Waals surface area (Å²) >= 11 is 9.98. The van der Waals surface area contributed by atoms with Crippen LogP contribution in [0.4, 0.5) is 0 Å². The van der Waals surface area contributed by atoms with Gasteiger partial charge in [0.05, 0.1) is 12.7 Å². The molecule has 0 heterocycles. The first-order valence-electron chi connectivity index (χ1n) is 3.63. The Morgan fingerprint density at radius 2 is 2.15 bits per heavy atom. The summed E-state index contributed by atoms with van der Waals surface area (Å²) in [5.41, 5.74) is 1.17. The number of thiol groups is 1. The lowest BCUT2D eigenvalue weighted by Gasteiger charge is -2.06. The SMILES string of the molecule is COC(=O)c1cc(S)cc(Cl)c1C. The van der Waals surface area contributed by atoms with Gasteiger partial charge in [-0.2, -0.15) is 0 Å². The summed E-state index contributed by atoms with van der Waals surface area (Å²) in [6.07, 6.45) is 0. The van der Waals surface area contributed by atoms with Crippen LogP contribution >= 0.6 is 24.2 Å². The molecule has 0 aliphatic carbocycles. The van der Waals surface area contributed by atoms with E-state index in [1.165, 1.54) is 7.11 Å². The molecule has 0 saturated heterocycles. The molecule has 0 atom stereocenters. The monoisotopic (exact) mass is 216 g/mol. The van der Waals surface area contributed by atoms with Gasteiger partial charge >= 0.3 is 5.97 Å². The predicted molar refractivity (Wildman–Crippen MR) is 54.8 cm³/mol. The fraction of sp³-hybridized carbons (Fsp3) is 0.222. The molecule has 0 unspecified atom stereocenters. The molecule has 0 amide bonds. The Hall–Kier alpha value is -0.670. The highest BCUT2D eigenvalue weighted by molar-refractivity contribution is 7.80. The highest BCUT2D eigenvalue weighted by Crippen LogP contribution is 2.23. The zero-order chi connectivity index (χ0) is 10.0. The number of benzene rings is 1. The predicted octanol–water partition coefficient (Wildman–Crippen LogP) is 2.72. The van der Waals surface area contributed by atoms with E-state index in [9.17, 15) is 4.79 Å². The minimum absolute atomic E-state index is 0.393. The van der Waals surface area contributed by atoms with Gasteiger partial charge in [0, 0.05) is 9.92 Å². The van der Waals surface area contributed by atoms with Crippen LogP contribution in [0.1, 0.15) is 15.9 Å². The van der Waals surface area contributed by atoms with E-state index in [0.717, 1.165) is 0 Å². The molecule has 4 heteroatoms. The smallest absolute Gasteiger partial charge is 0.338 e. The van der Waals surface area contributed by atoms with E-state index in [1.54, 1.807) is 19.1 Å². The molecule has 0 bridgehead atoms. The highest BCUT2D eigenvalue weighted by Gasteiger charge is 2.12. The quantitative estimate of drug-likeness (QED) is 0.577. The van der Waals surface area contributed by atoms with Gasteiger partial charge in [0.1, 0.15) is 0 Å². The maximum atomic E-state index is 11.2. The van der Waals surface area contributed by atoms with Crippen molar-refractivity contribution in [2.24, 2.45) is 0 Å². The maximum absolute atomic E-state index is 11.2. The molecule has 1 aromatic rings. The summed E-state index contributed by atoms with van der Waals surface area (Å²) in [5, 5.41) is 0.521. The lowest BCUT2D eigenvalue weighted by atomic mass is 10.1. The lowest BCUT2D eigenvalue weighted by Crippen LogP contribution is -2.04. The van der Waals surface area contributed by atoms with Crippen molar-refractivity contribution in [1.29, 1.82) is 0 Å². The number of carbonyl (C=O) groups excluding carboxylic acids is 1. The highest BCUT2D eigenvalue weighted by atomic mass is 35.5. The zero-order valence-electron chi connectivity index (χ0n) is 7.30. The van der Waals surface area contributed by atoms with Crippen molar-refractivity contribution in [1.82, 2.24) is 0 Å². The van der Waals surface area contributed by atoms with E-state index < -0.39 is 5.97 Å². The largest absolute Gasteiger partial charge is 0.465 e. The van der Waals surface area contributed by atoms with Crippen LogP contribution in [0.25, 0.3) is 0 Å². The minimum atomic E-state index is -0.393. The van der Waals surface area contributed by atoms with Crippen LogP contribution in [0.3, 0.4) is 0 Å². The molecule has 0 radical (unpaired) electrons. The van der Waals surface area contributed by atoms with Gasteiger partial charge < -0.3 is 4.74 Å². The molecule has 0 aliphatic rings. The molecule has 1 aromatic carbocycles. The molecule has 0 saturated carbocycles. The second-order valence-electron chi connectivity index (χ2n) is 2.59. The third-order valence-corrected chi connectivity index (χ3v) is 2.39. The molecular weight excluding hydrogens is 208 g/mol. The summed E-state index contributed by atoms with van der Waals surface area (Å²) in [6, 6.07) is 3.32. The molecule has 0 aromatic heterocycles. The number of esters is 1. The summed E-state index contributed by atoms with van der Waals surface area (Å²) in [5.74, 6) is -0.393. The fourth-order valence-corrected chi connectivity index (χ4v) is 1.54. The second-order valence-corrected chi connectivity index (χ2v) is 3.52. The summed E-state index contributed by atoms with van der Waals surface area (Å²) in [4.78, 5) is 11.9. The van der Waals surface area contributed by atoms with E-state index in [2.05, 4.69) is 17.4 Å². The van der Waals surface area contributed by atoms with Gasteiger partial charge in [-0.1, -0.05) is 11.6 Å². The third-order valence-electron chi connectivity index (χ3n) is 1.73. The molecular formula is C9H9ClO2S. The first-order valence-corrected chi connectivity index (χ1v) is 4.46. The number of halogens is 1. The van der Waals surface area contributed by atoms with Crippen LogP contribution in [-0.2, 0) is 4.74 Å². The number of hydrogen-bond acceptors (Lipinski definition) is 3. The van der Waals surface area contributed by atoms with Crippen molar-refractivity contribution < 1.29 is 9.53 Å². The van der Waals surface area contributed by atoms with Crippen molar-refractivity contribution in [3.05, 3.63) is 28.3 Å². The van der Waals surface area contributed by atoms with Gasteiger partial charge in [-0.3, -0.25) is 0 Å². The van der Waals surface area contributed by atoms with Gasteiger partial charge in [-0.05, 0) is 24.6 Å². The van der Waals surface area contributed by atoms with Crippen LogP contribution in [0, 0.1) is 6.92 Å². The van der Waals surface area contributed by atoms with Crippen LogP contribution in [-0.4, -0.2) is 13.1 Å². The average Bonchev–Trinajstić information content (AvgIpc) is 2.10. The van der Waals surface area contributed by atoms with E-state index in [1.807, 2.05) is 0 Å². The second kappa shape index (κ2) is 4.03. The van der Waals surface area contributed by atoms with E-state index in [0.29, 0.717) is 21.0 Å².